The summed E-state index contributed by atoms with van der Waals surface area (Å²) in [5, 5.41) is 0. The zero-order valence-corrected chi connectivity index (χ0v) is 16.6. The molecule has 3 rings (SSSR count). The minimum atomic E-state index is -2.92. The predicted molar refractivity (Wildman–Crippen MR) is 105 cm³/mol. The molecular weight excluding hydrogens is 381 g/mol. The second-order valence-electron chi connectivity index (χ2n) is 7.37. The van der Waals surface area contributed by atoms with Gasteiger partial charge in [-0.2, -0.15) is 0 Å². The van der Waals surface area contributed by atoms with Gasteiger partial charge >= 0.3 is 5.97 Å². The fourth-order valence-electron chi connectivity index (χ4n) is 3.88. The van der Waals surface area contributed by atoms with Crippen molar-refractivity contribution in [2.75, 3.05) is 6.61 Å². The minimum absolute atomic E-state index is 0.0963. The van der Waals surface area contributed by atoms with Gasteiger partial charge in [-0.05, 0) is 42.5 Å². The van der Waals surface area contributed by atoms with E-state index in [1.54, 1.807) is 18.2 Å². The first-order valence-electron chi connectivity index (χ1n) is 9.91. The van der Waals surface area contributed by atoms with Crippen molar-refractivity contribution in [1.82, 2.24) is 0 Å². The summed E-state index contributed by atoms with van der Waals surface area (Å²) in [4.78, 5) is 11.0. The number of carbonyl (C=O) groups excluding carboxylic acids is 1. The van der Waals surface area contributed by atoms with Crippen molar-refractivity contribution in [3.63, 3.8) is 0 Å². The van der Waals surface area contributed by atoms with Crippen LogP contribution in [0.25, 0.3) is 11.1 Å². The molecule has 1 aliphatic rings. The van der Waals surface area contributed by atoms with E-state index in [2.05, 4.69) is 6.92 Å². The molecule has 3 nitrogen and oxygen atoms in total. The third-order valence-corrected chi connectivity index (χ3v) is 5.28. The maximum absolute atomic E-state index is 15.1. The van der Waals surface area contributed by atoms with E-state index in [1.807, 2.05) is 0 Å². The van der Waals surface area contributed by atoms with Gasteiger partial charge in [-0.1, -0.05) is 37.6 Å². The molecular formula is C23H25F3O3. The monoisotopic (exact) mass is 406 g/mol. The van der Waals surface area contributed by atoms with Gasteiger partial charge < -0.3 is 9.47 Å². The Morgan fingerprint density at radius 2 is 1.90 bits per heavy atom. The zero-order chi connectivity index (χ0) is 21.0. The van der Waals surface area contributed by atoms with E-state index in [0.717, 1.165) is 19.3 Å². The molecule has 0 spiro atoms. The van der Waals surface area contributed by atoms with Crippen LogP contribution in [0.3, 0.4) is 0 Å². The minimum Gasteiger partial charge on any atom is -0.427 e. The first kappa shape index (κ1) is 21.4. The second kappa shape index (κ2) is 9.44. The van der Waals surface area contributed by atoms with Crippen LogP contribution in [0.1, 0.15) is 63.0 Å². The highest BCUT2D eigenvalue weighted by atomic mass is 19.3. The van der Waals surface area contributed by atoms with Crippen molar-refractivity contribution in [3.05, 3.63) is 53.3 Å². The van der Waals surface area contributed by atoms with E-state index in [4.69, 9.17) is 9.47 Å². The number of alkyl halides is 2. The largest absolute Gasteiger partial charge is 0.427 e. The summed E-state index contributed by atoms with van der Waals surface area (Å²) in [5.74, 6) is -1.30. The van der Waals surface area contributed by atoms with E-state index in [0.29, 0.717) is 29.9 Å². The molecule has 6 heteroatoms. The Morgan fingerprint density at radius 3 is 2.45 bits per heavy atom. The Bertz CT molecular complexity index is 841. The molecule has 2 aromatic rings. The van der Waals surface area contributed by atoms with Crippen LogP contribution < -0.4 is 4.74 Å². The van der Waals surface area contributed by atoms with E-state index >= 15 is 4.39 Å². The van der Waals surface area contributed by atoms with Gasteiger partial charge in [-0.15, -0.1) is 0 Å². The van der Waals surface area contributed by atoms with Crippen LogP contribution in [0.15, 0.2) is 36.4 Å². The van der Waals surface area contributed by atoms with Crippen LogP contribution in [0, 0.1) is 5.82 Å². The van der Waals surface area contributed by atoms with Crippen molar-refractivity contribution in [2.45, 2.75) is 58.0 Å². The topological polar surface area (TPSA) is 35.5 Å². The highest BCUT2D eigenvalue weighted by molar-refractivity contribution is 5.71. The van der Waals surface area contributed by atoms with Gasteiger partial charge in [0.05, 0.1) is 18.3 Å². The van der Waals surface area contributed by atoms with E-state index in [-0.39, 0.29) is 17.6 Å². The molecule has 2 atom stereocenters. The molecule has 1 saturated heterocycles. The summed E-state index contributed by atoms with van der Waals surface area (Å²) >= 11 is 0. The second-order valence-corrected chi connectivity index (χ2v) is 7.37. The van der Waals surface area contributed by atoms with Crippen molar-refractivity contribution < 1.29 is 27.4 Å². The van der Waals surface area contributed by atoms with Gasteiger partial charge in [0, 0.05) is 18.4 Å². The Balaban J connectivity index is 1.88. The molecule has 0 N–H and O–H groups in total. The number of hydrogen-bond donors (Lipinski definition) is 0. The fraction of sp³-hybridized carbons (Fsp3) is 0.435. The standard InChI is InChI=1S/C23H25F3O3/c1-3-4-17-8-7-16(13-28-17)19-11-12-20(22(24)21(19)23(25)26)15-5-9-18(10-6-15)29-14(2)27/h5-6,9-12,16-17,23H,3-4,7-8,13H2,1-2H3. The first-order chi connectivity index (χ1) is 13.9. The molecule has 0 amide bonds. The number of carbonyl (C=O) groups is 1. The van der Waals surface area contributed by atoms with Crippen LogP contribution in [-0.4, -0.2) is 18.7 Å². The predicted octanol–water partition coefficient (Wildman–Crippen LogP) is 6.42. The first-order valence-corrected chi connectivity index (χ1v) is 9.91. The quantitative estimate of drug-likeness (QED) is 0.410. The van der Waals surface area contributed by atoms with Crippen LogP contribution in [-0.2, 0) is 9.53 Å². The van der Waals surface area contributed by atoms with Crippen LogP contribution in [0.2, 0.25) is 0 Å². The third-order valence-electron chi connectivity index (χ3n) is 5.28. The normalized spacial score (nSPS) is 19.4. The molecule has 156 valence electrons. The summed E-state index contributed by atoms with van der Waals surface area (Å²) in [6.45, 7) is 3.69. The highest BCUT2D eigenvalue weighted by Crippen LogP contribution is 2.39. The van der Waals surface area contributed by atoms with Crippen LogP contribution >= 0.6 is 0 Å². The summed E-state index contributed by atoms with van der Waals surface area (Å²) in [5.41, 5.74) is 0.315. The molecule has 1 fully saturated rings. The molecule has 0 aliphatic carbocycles. The summed E-state index contributed by atoms with van der Waals surface area (Å²) in [7, 11) is 0. The van der Waals surface area contributed by atoms with Crippen molar-refractivity contribution in [2.24, 2.45) is 0 Å². The summed E-state index contributed by atoms with van der Waals surface area (Å²) in [6.07, 6.45) is 0.703. The van der Waals surface area contributed by atoms with Gasteiger partial charge in [0.2, 0.25) is 0 Å². The molecule has 1 aliphatic heterocycles. The Labute approximate surface area is 168 Å². The number of benzene rings is 2. The Kier molecular flexibility index (Phi) is 6.96. The van der Waals surface area contributed by atoms with E-state index < -0.39 is 23.8 Å². The lowest BCUT2D eigenvalue weighted by atomic mass is 9.86. The summed E-state index contributed by atoms with van der Waals surface area (Å²) < 4.78 is 53.5. The van der Waals surface area contributed by atoms with Gasteiger partial charge in [-0.3, -0.25) is 4.79 Å². The van der Waals surface area contributed by atoms with Crippen LogP contribution in [0.5, 0.6) is 5.75 Å². The molecule has 2 aromatic carbocycles. The number of rotatable bonds is 6. The van der Waals surface area contributed by atoms with Gasteiger partial charge in [0.15, 0.2) is 0 Å². The van der Waals surface area contributed by atoms with Gasteiger partial charge in [0.25, 0.3) is 6.43 Å². The molecule has 1 heterocycles. The van der Waals surface area contributed by atoms with Crippen molar-refractivity contribution in [1.29, 1.82) is 0 Å². The zero-order valence-electron chi connectivity index (χ0n) is 16.6. The smallest absolute Gasteiger partial charge is 0.308 e. The van der Waals surface area contributed by atoms with E-state index in [9.17, 15) is 13.6 Å². The number of esters is 1. The van der Waals surface area contributed by atoms with E-state index in [1.165, 1.54) is 25.1 Å². The Morgan fingerprint density at radius 1 is 1.17 bits per heavy atom. The molecule has 0 radical (unpaired) electrons. The van der Waals surface area contributed by atoms with Gasteiger partial charge in [-0.25, -0.2) is 13.2 Å². The molecule has 0 bridgehead atoms. The van der Waals surface area contributed by atoms with Crippen LogP contribution in [0.4, 0.5) is 13.2 Å². The lowest BCUT2D eigenvalue weighted by Crippen LogP contribution is -2.25. The molecule has 29 heavy (non-hydrogen) atoms. The lowest BCUT2D eigenvalue weighted by Gasteiger charge is -2.30. The average molecular weight is 406 g/mol. The van der Waals surface area contributed by atoms with Crippen molar-refractivity contribution in [3.8, 4) is 16.9 Å². The number of hydrogen-bond acceptors (Lipinski definition) is 3. The third kappa shape index (κ3) is 4.99. The molecule has 0 aromatic heterocycles. The van der Waals surface area contributed by atoms with Gasteiger partial charge in [0.1, 0.15) is 11.6 Å². The van der Waals surface area contributed by atoms with Crippen molar-refractivity contribution >= 4 is 5.97 Å². The SMILES string of the molecule is CCCC1CCC(c2ccc(-c3ccc(OC(C)=O)cc3)c(F)c2C(F)F)CO1. The average Bonchev–Trinajstić information content (AvgIpc) is 2.68. The number of ether oxygens (including phenoxy) is 2. The molecule has 0 saturated carbocycles. The number of halogens is 3. The summed E-state index contributed by atoms with van der Waals surface area (Å²) in [6, 6.07) is 9.24. The Hall–Kier alpha value is -2.34. The fourth-order valence-corrected chi connectivity index (χ4v) is 3.88. The highest BCUT2D eigenvalue weighted by Gasteiger charge is 2.29. The maximum Gasteiger partial charge on any atom is 0.308 e. The molecule has 2 unspecified atom stereocenters. The maximum atomic E-state index is 15.1. The lowest BCUT2D eigenvalue weighted by molar-refractivity contribution is -0.131.